The van der Waals surface area contributed by atoms with E-state index in [2.05, 4.69) is 18.6 Å². The third kappa shape index (κ3) is 4.52. The Kier molecular flexibility index (Phi) is 6.53. The second kappa shape index (κ2) is 8.78. The molecule has 0 aliphatic carbocycles. The van der Waals surface area contributed by atoms with Crippen LogP contribution in [-0.4, -0.2) is 28.0 Å². The van der Waals surface area contributed by atoms with Crippen LogP contribution < -0.4 is 14.4 Å². The predicted octanol–water partition coefficient (Wildman–Crippen LogP) is 4.29. The summed E-state index contributed by atoms with van der Waals surface area (Å²) in [6, 6.07) is 10.1. The summed E-state index contributed by atoms with van der Waals surface area (Å²) in [6.45, 7) is 8.63. The highest BCUT2D eigenvalue weighted by atomic mass is 32.2. The Morgan fingerprint density at radius 1 is 1.07 bits per heavy atom. The van der Waals surface area contributed by atoms with Gasteiger partial charge in [0.2, 0.25) is 15.9 Å². The highest BCUT2D eigenvalue weighted by molar-refractivity contribution is 7.89. The first kappa shape index (κ1) is 22.3. The number of benzene rings is 2. The van der Waals surface area contributed by atoms with E-state index < -0.39 is 16.1 Å². The highest BCUT2D eigenvalue weighted by Gasteiger charge is 2.24. The van der Waals surface area contributed by atoms with E-state index in [1.54, 1.807) is 36.3 Å². The molecule has 0 radical (unpaired) electrons. The number of ether oxygens (including phenoxy) is 1. The lowest BCUT2D eigenvalue weighted by atomic mass is 9.94. The Bertz CT molecular complexity index is 1030. The van der Waals surface area contributed by atoms with Crippen molar-refractivity contribution in [2.75, 3.05) is 18.6 Å². The van der Waals surface area contributed by atoms with Gasteiger partial charge >= 0.3 is 0 Å². The maximum atomic E-state index is 12.9. The van der Waals surface area contributed by atoms with Crippen LogP contribution in [0.3, 0.4) is 0 Å². The van der Waals surface area contributed by atoms with Crippen molar-refractivity contribution in [1.29, 1.82) is 0 Å². The number of aryl methyl sites for hydroxylation is 1. The molecule has 0 unspecified atom stereocenters. The number of anilines is 1. The van der Waals surface area contributed by atoms with Gasteiger partial charge in [-0.3, -0.25) is 4.79 Å². The van der Waals surface area contributed by atoms with Crippen molar-refractivity contribution in [1.82, 2.24) is 4.72 Å². The van der Waals surface area contributed by atoms with Gasteiger partial charge in [-0.1, -0.05) is 13.8 Å². The van der Waals surface area contributed by atoms with E-state index in [1.165, 1.54) is 0 Å². The standard InChI is InChI=1S/C23H30N2O4S/c1-15(2)20-14-21(16(3)13-22(20)29-5)17(4)24-30(27,28)19-10-8-18(9-11-19)25-12-6-7-23(25)26/h8-11,13-15,17,24H,6-7,12H2,1-5H3/t17-/m1/s1. The summed E-state index contributed by atoms with van der Waals surface area (Å²) in [5.41, 5.74) is 3.66. The van der Waals surface area contributed by atoms with Crippen LogP contribution in [0.5, 0.6) is 5.75 Å². The minimum Gasteiger partial charge on any atom is -0.496 e. The predicted molar refractivity (Wildman–Crippen MR) is 119 cm³/mol. The first-order valence-electron chi connectivity index (χ1n) is 10.2. The number of methoxy groups -OCH3 is 1. The van der Waals surface area contributed by atoms with Crippen LogP contribution in [0.4, 0.5) is 5.69 Å². The summed E-state index contributed by atoms with van der Waals surface area (Å²) in [6.07, 6.45) is 1.37. The highest BCUT2D eigenvalue weighted by Crippen LogP contribution is 2.32. The minimum atomic E-state index is -3.71. The third-order valence-electron chi connectivity index (χ3n) is 5.57. The van der Waals surface area contributed by atoms with Gasteiger partial charge in [-0.25, -0.2) is 13.1 Å². The maximum absolute atomic E-state index is 12.9. The summed E-state index contributed by atoms with van der Waals surface area (Å²) in [7, 11) is -2.07. The molecule has 3 rings (SSSR count). The van der Waals surface area contributed by atoms with Crippen LogP contribution in [0.2, 0.25) is 0 Å². The lowest BCUT2D eigenvalue weighted by molar-refractivity contribution is -0.117. The first-order valence-corrected chi connectivity index (χ1v) is 11.7. The second-order valence-corrected chi connectivity index (χ2v) is 9.81. The number of sulfonamides is 1. The molecule has 30 heavy (non-hydrogen) atoms. The van der Waals surface area contributed by atoms with Crippen molar-refractivity contribution in [2.24, 2.45) is 0 Å². The molecular weight excluding hydrogens is 400 g/mol. The van der Waals surface area contributed by atoms with Crippen LogP contribution in [0.25, 0.3) is 0 Å². The molecule has 0 aromatic heterocycles. The van der Waals surface area contributed by atoms with Crippen LogP contribution >= 0.6 is 0 Å². The SMILES string of the molecule is COc1cc(C)c([C@@H](C)NS(=O)(=O)c2ccc(N3CCCC3=O)cc2)cc1C(C)C. The normalized spacial score (nSPS) is 15.7. The molecule has 0 saturated carbocycles. The number of nitrogens with one attached hydrogen (secondary N) is 1. The van der Waals surface area contributed by atoms with Crippen molar-refractivity contribution in [2.45, 2.75) is 57.4 Å². The molecule has 1 N–H and O–H groups in total. The van der Waals surface area contributed by atoms with Crippen molar-refractivity contribution in [3.8, 4) is 5.75 Å². The molecule has 1 atom stereocenters. The summed E-state index contributed by atoms with van der Waals surface area (Å²) < 4.78 is 34.2. The number of hydrogen-bond donors (Lipinski definition) is 1. The quantitative estimate of drug-likeness (QED) is 0.711. The summed E-state index contributed by atoms with van der Waals surface area (Å²) >= 11 is 0. The van der Waals surface area contributed by atoms with Gasteiger partial charge in [0.1, 0.15) is 5.75 Å². The van der Waals surface area contributed by atoms with Gasteiger partial charge in [-0.05, 0) is 79.3 Å². The Morgan fingerprint density at radius 3 is 2.27 bits per heavy atom. The van der Waals surface area contributed by atoms with Crippen molar-refractivity contribution in [3.05, 3.63) is 53.1 Å². The fourth-order valence-corrected chi connectivity index (χ4v) is 5.12. The smallest absolute Gasteiger partial charge is 0.241 e. The van der Waals surface area contributed by atoms with E-state index in [0.717, 1.165) is 34.5 Å². The van der Waals surface area contributed by atoms with Gasteiger partial charge in [0.05, 0.1) is 12.0 Å². The molecule has 1 saturated heterocycles. The molecule has 1 heterocycles. The Labute approximate surface area is 179 Å². The summed E-state index contributed by atoms with van der Waals surface area (Å²) in [5, 5.41) is 0. The van der Waals surface area contributed by atoms with Crippen LogP contribution in [0, 0.1) is 6.92 Å². The number of amides is 1. The van der Waals surface area contributed by atoms with E-state index in [-0.39, 0.29) is 16.7 Å². The lowest BCUT2D eigenvalue weighted by Gasteiger charge is -2.21. The molecule has 1 fully saturated rings. The molecule has 162 valence electrons. The molecular formula is C23H30N2O4S. The molecule has 6 nitrogen and oxygen atoms in total. The topological polar surface area (TPSA) is 75.7 Å². The van der Waals surface area contributed by atoms with Crippen LogP contribution in [0.1, 0.15) is 62.3 Å². The number of carbonyl (C=O) groups excluding carboxylic acids is 1. The second-order valence-electron chi connectivity index (χ2n) is 8.09. The number of carbonyl (C=O) groups is 1. The van der Waals surface area contributed by atoms with Gasteiger partial charge in [-0.2, -0.15) is 0 Å². The van der Waals surface area contributed by atoms with Gasteiger partial charge in [-0.15, -0.1) is 0 Å². The Balaban J connectivity index is 1.83. The molecule has 2 aromatic rings. The van der Waals surface area contributed by atoms with Crippen molar-refractivity contribution < 1.29 is 17.9 Å². The van der Waals surface area contributed by atoms with Crippen molar-refractivity contribution in [3.63, 3.8) is 0 Å². The third-order valence-corrected chi connectivity index (χ3v) is 7.13. The fraction of sp³-hybridized carbons (Fsp3) is 0.435. The minimum absolute atomic E-state index is 0.0771. The van der Waals surface area contributed by atoms with E-state index in [4.69, 9.17) is 4.74 Å². The molecule has 0 spiro atoms. The van der Waals surface area contributed by atoms with Gasteiger partial charge in [0, 0.05) is 24.7 Å². The van der Waals surface area contributed by atoms with E-state index in [1.807, 2.05) is 26.0 Å². The Hall–Kier alpha value is -2.38. The van der Waals surface area contributed by atoms with Crippen molar-refractivity contribution >= 4 is 21.6 Å². The van der Waals surface area contributed by atoms with Gasteiger partial charge < -0.3 is 9.64 Å². The average molecular weight is 431 g/mol. The zero-order valence-corrected chi connectivity index (χ0v) is 19.0. The zero-order valence-electron chi connectivity index (χ0n) is 18.2. The average Bonchev–Trinajstić information content (AvgIpc) is 3.13. The molecule has 0 bridgehead atoms. The fourth-order valence-electron chi connectivity index (χ4n) is 3.90. The van der Waals surface area contributed by atoms with Gasteiger partial charge in [0.15, 0.2) is 0 Å². The monoisotopic (exact) mass is 430 g/mol. The van der Waals surface area contributed by atoms with E-state index in [9.17, 15) is 13.2 Å². The maximum Gasteiger partial charge on any atom is 0.241 e. The lowest BCUT2D eigenvalue weighted by Crippen LogP contribution is -2.28. The van der Waals surface area contributed by atoms with Gasteiger partial charge in [0.25, 0.3) is 0 Å². The zero-order chi connectivity index (χ0) is 22.1. The number of rotatable bonds is 7. The van der Waals surface area contributed by atoms with E-state index in [0.29, 0.717) is 13.0 Å². The number of hydrogen-bond acceptors (Lipinski definition) is 4. The van der Waals surface area contributed by atoms with E-state index >= 15 is 0 Å². The van der Waals surface area contributed by atoms with Crippen LogP contribution in [0.15, 0.2) is 41.3 Å². The molecule has 1 amide bonds. The molecule has 1 aliphatic heterocycles. The largest absolute Gasteiger partial charge is 0.496 e. The Morgan fingerprint density at radius 2 is 1.73 bits per heavy atom. The number of nitrogens with zero attached hydrogens (tertiary/aromatic N) is 1. The summed E-state index contributed by atoms with van der Waals surface area (Å²) in [5.74, 6) is 1.14. The first-order chi connectivity index (χ1) is 14.1. The molecule has 1 aliphatic rings. The molecule has 7 heteroatoms. The van der Waals surface area contributed by atoms with Crippen LogP contribution in [-0.2, 0) is 14.8 Å². The summed E-state index contributed by atoms with van der Waals surface area (Å²) in [4.78, 5) is 13.8. The molecule has 2 aromatic carbocycles.